The van der Waals surface area contributed by atoms with Crippen molar-refractivity contribution < 1.29 is 10.3 Å². The van der Waals surface area contributed by atoms with Gasteiger partial charge in [-0.2, -0.15) is 0 Å². The molecule has 1 aromatic rings. The average molecular weight is 167 g/mol. The van der Waals surface area contributed by atoms with E-state index in [1.54, 1.807) is 12.1 Å². The Balaban J connectivity index is 2.53. The van der Waals surface area contributed by atoms with E-state index in [2.05, 4.69) is 5.48 Å². The molecule has 0 atom stereocenters. The summed E-state index contributed by atoms with van der Waals surface area (Å²) in [5.41, 5.74) is 3.91. The van der Waals surface area contributed by atoms with Crippen molar-refractivity contribution in [2.24, 2.45) is 0 Å². The van der Waals surface area contributed by atoms with Gasteiger partial charge in [0.15, 0.2) is 0 Å². The maximum absolute atomic E-state index is 8.58. The Morgan fingerprint density at radius 1 is 1.17 bits per heavy atom. The predicted molar refractivity (Wildman–Crippen MR) is 47.3 cm³/mol. The van der Waals surface area contributed by atoms with Gasteiger partial charge in [-0.3, -0.25) is 10.7 Å². The molecule has 0 heterocycles. The van der Waals surface area contributed by atoms with Crippen molar-refractivity contribution in [2.75, 3.05) is 12.1 Å². The number of aryl methyl sites for hydroxylation is 1. The minimum absolute atomic E-state index is 0.222. The van der Waals surface area contributed by atoms with Gasteiger partial charge >= 0.3 is 0 Å². The monoisotopic (exact) mass is 167 g/mol. The molecular weight excluding hydrogens is 154 g/mol. The van der Waals surface area contributed by atoms with Gasteiger partial charge in [0.2, 0.25) is 0 Å². The molecule has 12 heavy (non-hydrogen) atoms. The Labute approximate surface area is 71.6 Å². The summed E-state index contributed by atoms with van der Waals surface area (Å²) in [7, 11) is 0. The largest absolute Gasteiger partial charge is 0.396 e. The molecular formula is C9H13NO2. The highest BCUT2D eigenvalue weighted by molar-refractivity contribution is 5.42. The molecule has 1 rings (SSSR count). The number of anilines is 1. The molecule has 0 saturated heterocycles. The molecule has 3 N–H and O–H groups in total. The zero-order valence-electron chi connectivity index (χ0n) is 6.83. The van der Waals surface area contributed by atoms with Gasteiger partial charge in [0, 0.05) is 6.61 Å². The molecule has 1 aromatic carbocycles. The second-order valence-corrected chi connectivity index (χ2v) is 2.64. The van der Waals surface area contributed by atoms with Crippen LogP contribution in [0.15, 0.2) is 24.3 Å². The molecule has 0 spiro atoms. The molecule has 0 unspecified atom stereocenters. The quantitative estimate of drug-likeness (QED) is 0.594. The molecule has 0 aliphatic rings. The molecule has 3 heteroatoms. The predicted octanol–water partition coefficient (Wildman–Crippen LogP) is 1.41. The smallest absolute Gasteiger partial charge is 0.0602 e. The highest BCUT2D eigenvalue weighted by atomic mass is 16.5. The molecule has 3 nitrogen and oxygen atoms in total. The molecule has 0 bridgehead atoms. The average Bonchev–Trinajstić information content (AvgIpc) is 2.15. The Hall–Kier alpha value is -1.06. The van der Waals surface area contributed by atoms with Crippen LogP contribution in [0.2, 0.25) is 0 Å². The number of aliphatic hydroxyl groups excluding tert-OH is 1. The lowest BCUT2D eigenvalue weighted by molar-refractivity contribution is 0.288. The van der Waals surface area contributed by atoms with E-state index in [0.29, 0.717) is 5.69 Å². The number of benzene rings is 1. The van der Waals surface area contributed by atoms with Gasteiger partial charge in [-0.05, 0) is 30.5 Å². The third kappa shape index (κ3) is 2.53. The van der Waals surface area contributed by atoms with Crippen molar-refractivity contribution in [2.45, 2.75) is 12.8 Å². The van der Waals surface area contributed by atoms with Crippen LogP contribution in [0.25, 0.3) is 0 Å². The molecule has 0 aliphatic carbocycles. The van der Waals surface area contributed by atoms with Crippen LogP contribution in [-0.2, 0) is 6.42 Å². The Kier molecular flexibility index (Phi) is 3.57. The Bertz CT molecular complexity index is 220. The summed E-state index contributed by atoms with van der Waals surface area (Å²) in [5, 5.41) is 17.1. The van der Waals surface area contributed by atoms with Crippen molar-refractivity contribution in [3.63, 3.8) is 0 Å². The van der Waals surface area contributed by atoms with E-state index in [-0.39, 0.29) is 6.61 Å². The van der Waals surface area contributed by atoms with Crippen LogP contribution in [0.1, 0.15) is 12.0 Å². The zero-order chi connectivity index (χ0) is 8.81. The summed E-state index contributed by atoms with van der Waals surface area (Å²) in [4.78, 5) is 0. The number of rotatable bonds is 4. The molecule has 66 valence electrons. The highest BCUT2D eigenvalue weighted by Gasteiger charge is 1.92. The Morgan fingerprint density at radius 2 is 1.83 bits per heavy atom. The molecule has 0 fully saturated rings. The minimum Gasteiger partial charge on any atom is -0.396 e. The number of nitrogens with one attached hydrogen (secondary N) is 1. The Morgan fingerprint density at radius 3 is 2.33 bits per heavy atom. The van der Waals surface area contributed by atoms with Crippen LogP contribution in [-0.4, -0.2) is 16.9 Å². The van der Waals surface area contributed by atoms with Crippen molar-refractivity contribution >= 4 is 5.69 Å². The van der Waals surface area contributed by atoms with Gasteiger partial charge in [0.05, 0.1) is 5.69 Å². The maximum Gasteiger partial charge on any atom is 0.0602 e. The topological polar surface area (TPSA) is 52.5 Å². The first-order valence-corrected chi connectivity index (χ1v) is 3.96. The standard InChI is InChI=1S/C9H13NO2/c11-7-1-2-8-3-5-9(10-12)6-4-8/h3-6,10-12H,1-2,7H2. The summed E-state index contributed by atoms with van der Waals surface area (Å²) in [6.07, 6.45) is 1.66. The van der Waals surface area contributed by atoms with Crippen LogP contribution in [0.3, 0.4) is 0 Å². The van der Waals surface area contributed by atoms with E-state index in [4.69, 9.17) is 10.3 Å². The van der Waals surface area contributed by atoms with E-state index >= 15 is 0 Å². The number of hydrogen-bond donors (Lipinski definition) is 3. The van der Waals surface area contributed by atoms with Gasteiger partial charge in [-0.25, -0.2) is 0 Å². The third-order valence-corrected chi connectivity index (χ3v) is 1.71. The van der Waals surface area contributed by atoms with Gasteiger partial charge < -0.3 is 5.11 Å². The lowest BCUT2D eigenvalue weighted by Crippen LogP contribution is -1.91. The minimum atomic E-state index is 0.222. The first kappa shape index (κ1) is 9.03. The second kappa shape index (κ2) is 4.74. The lowest BCUT2D eigenvalue weighted by atomic mass is 10.1. The summed E-state index contributed by atoms with van der Waals surface area (Å²) in [5.74, 6) is 0. The number of hydrogen-bond acceptors (Lipinski definition) is 3. The zero-order valence-corrected chi connectivity index (χ0v) is 6.83. The second-order valence-electron chi connectivity index (χ2n) is 2.64. The molecule has 0 aliphatic heterocycles. The van der Waals surface area contributed by atoms with Crippen LogP contribution < -0.4 is 5.48 Å². The van der Waals surface area contributed by atoms with E-state index in [1.807, 2.05) is 12.1 Å². The van der Waals surface area contributed by atoms with Crippen LogP contribution in [0.5, 0.6) is 0 Å². The van der Waals surface area contributed by atoms with E-state index in [9.17, 15) is 0 Å². The maximum atomic E-state index is 8.58. The van der Waals surface area contributed by atoms with Crippen LogP contribution in [0.4, 0.5) is 5.69 Å². The summed E-state index contributed by atoms with van der Waals surface area (Å²) >= 11 is 0. The van der Waals surface area contributed by atoms with E-state index < -0.39 is 0 Å². The number of aliphatic hydroxyl groups is 1. The third-order valence-electron chi connectivity index (χ3n) is 1.71. The molecule has 0 saturated carbocycles. The van der Waals surface area contributed by atoms with Crippen molar-refractivity contribution in [1.82, 2.24) is 0 Å². The van der Waals surface area contributed by atoms with E-state index in [1.165, 1.54) is 5.56 Å². The van der Waals surface area contributed by atoms with Gasteiger partial charge in [0.25, 0.3) is 0 Å². The van der Waals surface area contributed by atoms with Gasteiger partial charge in [0.1, 0.15) is 0 Å². The normalized spacial score (nSPS) is 9.83. The fourth-order valence-electron chi connectivity index (χ4n) is 1.03. The van der Waals surface area contributed by atoms with Crippen LogP contribution in [0, 0.1) is 0 Å². The first-order chi connectivity index (χ1) is 5.86. The molecule has 0 amide bonds. The fourth-order valence-corrected chi connectivity index (χ4v) is 1.03. The highest BCUT2D eigenvalue weighted by Crippen LogP contribution is 2.09. The first-order valence-electron chi connectivity index (χ1n) is 3.96. The molecule has 0 radical (unpaired) electrons. The lowest BCUT2D eigenvalue weighted by Gasteiger charge is -2.01. The fraction of sp³-hybridized carbons (Fsp3) is 0.333. The summed E-state index contributed by atoms with van der Waals surface area (Å²) in [6.45, 7) is 0.222. The van der Waals surface area contributed by atoms with Gasteiger partial charge in [-0.15, -0.1) is 0 Å². The summed E-state index contributed by atoms with van der Waals surface area (Å²) < 4.78 is 0. The molecule has 0 aromatic heterocycles. The van der Waals surface area contributed by atoms with Crippen molar-refractivity contribution in [3.05, 3.63) is 29.8 Å². The van der Waals surface area contributed by atoms with Crippen molar-refractivity contribution in [3.8, 4) is 0 Å². The van der Waals surface area contributed by atoms with Gasteiger partial charge in [-0.1, -0.05) is 12.1 Å². The summed E-state index contributed by atoms with van der Waals surface area (Å²) in [6, 6.07) is 7.45. The van der Waals surface area contributed by atoms with Crippen LogP contribution >= 0.6 is 0 Å². The van der Waals surface area contributed by atoms with E-state index in [0.717, 1.165) is 12.8 Å². The SMILES string of the molecule is OCCCc1ccc(NO)cc1. The van der Waals surface area contributed by atoms with Crippen molar-refractivity contribution in [1.29, 1.82) is 0 Å².